The third kappa shape index (κ3) is 6.92. The van der Waals surface area contributed by atoms with Gasteiger partial charge in [-0.05, 0) is 55.5 Å². The van der Waals surface area contributed by atoms with Gasteiger partial charge in [0.15, 0.2) is 5.69 Å². The highest BCUT2D eigenvalue weighted by atomic mass is 32.2. The number of H-pyrrole nitrogens is 1. The van der Waals surface area contributed by atoms with E-state index in [0.29, 0.717) is 29.4 Å². The monoisotopic (exact) mass is 532 g/mol. The number of pyridine rings is 2. The second-order valence-electron chi connectivity index (χ2n) is 8.86. The number of nitrogens with one attached hydrogen (secondary N) is 1. The summed E-state index contributed by atoms with van der Waals surface area (Å²) in [6, 6.07) is 11.2. The molecule has 0 aliphatic carbocycles. The van der Waals surface area contributed by atoms with E-state index in [2.05, 4.69) is 40.9 Å². The maximum absolute atomic E-state index is 12.2. The van der Waals surface area contributed by atoms with Gasteiger partial charge in [0.05, 0.1) is 28.8 Å². The van der Waals surface area contributed by atoms with Gasteiger partial charge >= 0.3 is 0 Å². The van der Waals surface area contributed by atoms with Gasteiger partial charge in [0.25, 0.3) is 5.91 Å². The molecule has 4 rings (SSSR count). The lowest BCUT2D eigenvalue weighted by molar-refractivity contribution is 0.0996. The smallest absolute Gasteiger partial charge is 0.269 e. The zero-order valence-electron chi connectivity index (χ0n) is 22.6. The number of thioether (sulfide) groups is 1. The number of aromatic amines is 1. The largest absolute Gasteiger partial charge is 0.476 e. The van der Waals surface area contributed by atoms with Crippen molar-refractivity contribution in [3.8, 4) is 28.4 Å². The summed E-state index contributed by atoms with van der Waals surface area (Å²) in [4.78, 5) is 21.3. The van der Waals surface area contributed by atoms with Crippen molar-refractivity contribution in [2.45, 2.75) is 52.7 Å². The van der Waals surface area contributed by atoms with E-state index in [0.717, 1.165) is 22.0 Å². The molecule has 3 aromatic heterocycles. The highest BCUT2D eigenvalue weighted by Crippen LogP contribution is 2.37. The highest BCUT2D eigenvalue weighted by Gasteiger charge is 2.20. The van der Waals surface area contributed by atoms with Crippen molar-refractivity contribution in [2.24, 2.45) is 5.73 Å². The van der Waals surface area contributed by atoms with Gasteiger partial charge in [-0.2, -0.15) is 5.10 Å². The van der Waals surface area contributed by atoms with Gasteiger partial charge in [-0.15, -0.1) is 11.8 Å². The molecule has 0 saturated heterocycles. The van der Waals surface area contributed by atoms with Crippen LogP contribution in [-0.2, 0) is 0 Å². The van der Waals surface area contributed by atoms with Crippen LogP contribution in [0.2, 0.25) is 0 Å². The zero-order chi connectivity index (χ0) is 27.7. The van der Waals surface area contributed by atoms with E-state index in [1.807, 2.05) is 55.7 Å². The summed E-state index contributed by atoms with van der Waals surface area (Å²) in [5.41, 5.74) is 16.6. The third-order valence-corrected chi connectivity index (χ3v) is 6.82. The van der Waals surface area contributed by atoms with Gasteiger partial charge in [-0.3, -0.25) is 9.89 Å². The van der Waals surface area contributed by atoms with E-state index in [9.17, 15) is 4.79 Å². The summed E-state index contributed by atoms with van der Waals surface area (Å²) < 4.78 is 5.89. The first-order chi connectivity index (χ1) is 18.3. The number of nitrogens with zero attached hydrogens (tertiary/aromatic N) is 3. The Hall–Kier alpha value is -3.85. The van der Waals surface area contributed by atoms with E-state index in [-0.39, 0.29) is 16.6 Å². The molecule has 8 nitrogen and oxygen atoms in total. The number of aryl methyl sites for hydroxylation is 1. The number of hydrogen-bond donors (Lipinski definition) is 3. The second kappa shape index (κ2) is 13.6. The number of allylic oxidation sites excluding steroid dienone is 1. The number of anilines is 1. The molecule has 0 spiro atoms. The molecule has 0 fully saturated rings. The van der Waals surface area contributed by atoms with Gasteiger partial charge in [0.1, 0.15) is 6.61 Å². The fourth-order valence-electron chi connectivity index (χ4n) is 3.66. The normalized spacial score (nSPS) is 11.8. The Kier molecular flexibility index (Phi) is 10.3. The quantitative estimate of drug-likeness (QED) is 0.223. The molecule has 3 heterocycles. The summed E-state index contributed by atoms with van der Waals surface area (Å²) in [5.74, 6) is -0.237. The van der Waals surface area contributed by atoms with Crippen LogP contribution in [0.15, 0.2) is 54.1 Å². The average molecular weight is 533 g/mol. The molecule has 0 aliphatic rings. The molecule has 0 bridgehead atoms. The van der Waals surface area contributed by atoms with E-state index in [1.54, 1.807) is 24.0 Å². The van der Waals surface area contributed by atoms with Crippen LogP contribution >= 0.6 is 11.8 Å². The number of fused-ring (bicyclic) bond motifs is 1. The van der Waals surface area contributed by atoms with Crippen LogP contribution in [0.4, 0.5) is 5.69 Å². The molecular weight excluding hydrogens is 496 g/mol. The maximum Gasteiger partial charge on any atom is 0.269 e. The van der Waals surface area contributed by atoms with Gasteiger partial charge in [-0.1, -0.05) is 44.9 Å². The van der Waals surface area contributed by atoms with Gasteiger partial charge in [0.2, 0.25) is 5.88 Å². The number of nitrogen functional groups attached to an aromatic ring is 1. The number of primary amides is 1. The lowest BCUT2D eigenvalue weighted by Gasteiger charge is -2.15. The molecular formula is C29H36N6O2S. The van der Waals surface area contributed by atoms with Gasteiger partial charge in [0, 0.05) is 22.3 Å². The Bertz CT molecular complexity index is 1410. The number of benzene rings is 1. The molecule has 0 aliphatic heterocycles. The molecule has 0 radical (unpaired) electrons. The van der Waals surface area contributed by atoms with Crippen molar-refractivity contribution < 1.29 is 9.53 Å². The molecule has 0 saturated carbocycles. The first-order valence-electron chi connectivity index (χ1n) is 12.7. The van der Waals surface area contributed by atoms with Crippen LogP contribution in [0, 0.1) is 6.92 Å². The van der Waals surface area contributed by atoms with Gasteiger partial charge in [-0.25, -0.2) is 9.97 Å². The first-order valence-corrected chi connectivity index (χ1v) is 13.6. The van der Waals surface area contributed by atoms with Crippen molar-refractivity contribution >= 4 is 34.3 Å². The number of amides is 1. The molecule has 1 atom stereocenters. The predicted molar refractivity (Wildman–Crippen MR) is 158 cm³/mol. The Labute approximate surface area is 228 Å². The van der Waals surface area contributed by atoms with Crippen LogP contribution < -0.4 is 16.2 Å². The minimum Gasteiger partial charge on any atom is -0.476 e. The van der Waals surface area contributed by atoms with E-state index >= 15 is 0 Å². The van der Waals surface area contributed by atoms with Crippen molar-refractivity contribution in [3.63, 3.8) is 0 Å². The predicted octanol–water partition coefficient (Wildman–Crippen LogP) is 6.52. The molecule has 200 valence electrons. The summed E-state index contributed by atoms with van der Waals surface area (Å²) in [6.07, 6.45) is 6.37. The van der Waals surface area contributed by atoms with E-state index in [1.165, 1.54) is 12.8 Å². The minimum atomic E-state index is -0.708. The summed E-state index contributed by atoms with van der Waals surface area (Å²) >= 11 is 1.69. The lowest BCUT2D eigenvalue weighted by Crippen LogP contribution is -2.17. The number of rotatable bonds is 9. The second-order valence-corrected chi connectivity index (χ2v) is 10.2. The number of aromatic nitrogens is 4. The van der Waals surface area contributed by atoms with E-state index < -0.39 is 5.91 Å². The standard InChI is InChI=1S/C25H26N6O2S.C4H10/c1-4-10-34-15(3)13-33-21-7-5-6-19(29-21)20-11-16(23(26)24(30-20)25(27)32)22-14(2)8-9-18-17(22)12-28-31-18;1-3-4-2/h4-12,15H,13,26H2,1-3H3,(H2,27,32)(H,28,31);3-4H2,1-2H3/b10-4-;. The van der Waals surface area contributed by atoms with Crippen LogP contribution in [0.25, 0.3) is 33.4 Å². The number of unbranched alkanes of at least 4 members (excludes halogenated alkanes) is 1. The maximum atomic E-state index is 12.2. The van der Waals surface area contributed by atoms with Crippen LogP contribution in [0.5, 0.6) is 5.88 Å². The highest BCUT2D eigenvalue weighted by molar-refractivity contribution is 8.02. The number of carbonyl (C=O) groups is 1. The van der Waals surface area contributed by atoms with Crippen molar-refractivity contribution in [1.82, 2.24) is 20.2 Å². The fourth-order valence-corrected chi connectivity index (χ4v) is 4.23. The summed E-state index contributed by atoms with van der Waals surface area (Å²) in [6.45, 7) is 10.9. The Morgan fingerprint density at radius 3 is 2.61 bits per heavy atom. The number of carbonyl (C=O) groups excluding carboxylic acids is 1. The summed E-state index contributed by atoms with van der Waals surface area (Å²) in [7, 11) is 0. The zero-order valence-corrected chi connectivity index (χ0v) is 23.4. The van der Waals surface area contributed by atoms with Crippen molar-refractivity contribution in [3.05, 3.63) is 65.3 Å². The van der Waals surface area contributed by atoms with Crippen molar-refractivity contribution in [1.29, 1.82) is 0 Å². The third-order valence-electron chi connectivity index (χ3n) is 5.79. The topological polar surface area (TPSA) is 133 Å². The number of nitrogens with two attached hydrogens (primary N) is 2. The van der Waals surface area contributed by atoms with Crippen LogP contribution in [-0.4, -0.2) is 37.9 Å². The van der Waals surface area contributed by atoms with Crippen LogP contribution in [0.3, 0.4) is 0 Å². The van der Waals surface area contributed by atoms with Crippen LogP contribution in [0.1, 0.15) is 56.6 Å². The summed E-state index contributed by atoms with van der Waals surface area (Å²) in [5, 5.41) is 10.3. The van der Waals surface area contributed by atoms with Crippen molar-refractivity contribution in [2.75, 3.05) is 12.3 Å². The molecule has 5 N–H and O–H groups in total. The van der Waals surface area contributed by atoms with Gasteiger partial charge < -0.3 is 16.2 Å². The SMILES string of the molecule is C/C=C\SC(C)COc1cccc(-c2cc(-c3c(C)ccc4[nH]ncc34)c(N)c(C(N)=O)n2)n1.CCCC. The first kappa shape index (κ1) is 28.7. The Morgan fingerprint density at radius 1 is 1.16 bits per heavy atom. The molecule has 1 unspecified atom stereocenters. The fraction of sp³-hybridized carbons (Fsp3) is 0.310. The van der Waals surface area contributed by atoms with E-state index in [4.69, 9.17) is 16.2 Å². The number of hydrogen-bond acceptors (Lipinski definition) is 7. The molecule has 9 heteroatoms. The lowest BCUT2D eigenvalue weighted by atomic mass is 9.94. The minimum absolute atomic E-state index is 0.00288. The Balaban J connectivity index is 0.000000934. The molecule has 1 aromatic carbocycles. The molecule has 4 aromatic rings. The molecule has 1 amide bonds. The molecule has 38 heavy (non-hydrogen) atoms. The average Bonchev–Trinajstić information content (AvgIpc) is 3.40. The Morgan fingerprint density at radius 2 is 1.92 bits per heavy atom. The number of ether oxygens (including phenoxy) is 1.